The number of rotatable bonds is 1. The number of likely N-dealkylation sites (N-methyl/N-ethyl adjacent to an activating group) is 1. The second-order valence-corrected chi connectivity index (χ2v) is 7.80. The fourth-order valence-electron chi connectivity index (χ4n) is 3.55. The van der Waals surface area contributed by atoms with Gasteiger partial charge in [-0.3, -0.25) is 0 Å². The minimum atomic E-state index is -3.04. The summed E-state index contributed by atoms with van der Waals surface area (Å²) in [4.78, 5) is 2.30. The van der Waals surface area contributed by atoms with Gasteiger partial charge in [-0.05, 0) is 24.5 Å². The molecular weight excluding hydrogens is 284 g/mol. The predicted octanol–water partition coefficient (Wildman–Crippen LogP) is 2.46. The average Bonchev–Trinajstić information content (AvgIpc) is 2.74. The summed E-state index contributed by atoms with van der Waals surface area (Å²) in [5, 5.41) is 0. The lowest BCUT2D eigenvalue weighted by molar-refractivity contribution is 0.246. The minimum absolute atomic E-state index is 0.145. The maximum absolute atomic E-state index is 11.6. The van der Waals surface area contributed by atoms with E-state index in [1.165, 1.54) is 17.5 Å². The first kappa shape index (κ1) is 16.3. The van der Waals surface area contributed by atoms with Crippen LogP contribution in [0.15, 0.2) is 24.3 Å². The van der Waals surface area contributed by atoms with E-state index < -0.39 is 10.0 Å². The first-order valence-corrected chi connectivity index (χ1v) is 9.53. The van der Waals surface area contributed by atoms with E-state index in [-0.39, 0.29) is 5.41 Å². The molecule has 1 spiro atoms. The van der Waals surface area contributed by atoms with E-state index in [1.807, 2.05) is 13.8 Å². The lowest BCUT2D eigenvalue weighted by atomic mass is 9.75. The van der Waals surface area contributed by atoms with Crippen molar-refractivity contribution in [2.45, 2.75) is 32.1 Å². The van der Waals surface area contributed by atoms with Crippen molar-refractivity contribution in [1.82, 2.24) is 4.31 Å². The summed E-state index contributed by atoms with van der Waals surface area (Å²) < 4.78 is 24.8. The monoisotopic (exact) mass is 310 g/mol. The van der Waals surface area contributed by atoms with Crippen LogP contribution in [-0.2, 0) is 15.4 Å². The molecule has 2 heterocycles. The number of anilines is 1. The van der Waals surface area contributed by atoms with Crippen molar-refractivity contribution in [3.63, 3.8) is 0 Å². The molecule has 0 aliphatic carbocycles. The summed E-state index contributed by atoms with van der Waals surface area (Å²) in [5.41, 5.74) is 2.84. The van der Waals surface area contributed by atoms with Gasteiger partial charge in [0, 0.05) is 37.8 Å². The first-order chi connectivity index (χ1) is 9.92. The van der Waals surface area contributed by atoms with Gasteiger partial charge in [0.1, 0.15) is 0 Å². The third-order valence-electron chi connectivity index (χ3n) is 4.58. The average molecular weight is 310 g/mol. The van der Waals surface area contributed by atoms with Crippen LogP contribution >= 0.6 is 0 Å². The zero-order chi connectivity index (χ0) is 15.7. The van der Waals surface area contributed by atoms with Crippen molar-refractivity contribution in [1.29, 1.82) is 0 Å². The van der Waals surface area contributed by atoms with Crippen LogP contribution in [-0.4, -0.2) is 45.7 Å². The van der Waals surface area contributed by atoms with Crippen LogP contribution in [0.3, 0.4) is 0 Å². The van der Waals surface area contributed by atoms with E-state index >= 15 is 0 Å². The minimum Gasteiger partial charge on any atom is -0.373 e. The molecule has 0 saturated carbocycles. The molecule has 118 valence electrons. The molecule has 1 aromatic carbocycles. The van der Waals surface area contributed by atoms with Crippen LogP contribution < -0.4 is 4.90 Å². The quantitative estimate of drug-likeness (QED) is 0.800. The Morgan fingerprint density at radius 1 is 1.10 bits per heavy atom. The summed E-state index contributed by atoms with van der Waals surface area (Å²) in [6.07, 6.45) is 3.14. The second-order valence-electron chi connectivity index (χ2n) is 5.82. The van der Waals surface area contributed by atoms with Gasteiger partial charge in [0.2, 0.25) is 10.0 Å². The Balaban J connectivity index is 0.000000774. The normalized spacial score (nSPS) is 20.9. The smallest absolute Gasteiger partial charge is 0.211 e. The van der Waals surface area contributed by atoms with Crippen molar-refractivity contribution in [3.8, 4) is 0 Å². The highest BCUT2D eigenvalue weighted by atomic mass is 32.2. The third-order valence-corrected chi connectivity index (χ3v) is 5.88. The standard InChI is InChI=1S/C14H20N2O2S.C2H6/c1-15-11-14(12-5-3-4-6-13(12)15)7-9-16(10-8-14)19(2,17)18;1-2/h3-6H,7-11H2,1-2H3;1-2H3. The SMILES string of the molecule is CC.CN1CC2(CCN(S(C)(=O)=O)CC2)c2ccccc21. The van der Waals surface area contributed by atoms with Crippen LogP contribution in [0.5, 0.6) is 0 Å². The number of sulfonamides is 1. The topological polar surface area (TPSA) is 40.6 Å². The number of hydrogen-bond acceptors (Lipinski definition) is 3. The molecule has 5 heteroatoms. The molecule has 3 rings (SSSR count). The number of nitrogens with zero attached hydrogens (tertiary/aromatic N) is 2. The van der Waals surface area contributed by atoms with Gasteiger partial charge in [-0.25, -0.2) is 12.7 Å². The zero-order valence-electron chi connectivity index (χ0n) is 13.5. The summed E-state index contributed by atoms with van der Waals surface area (Å²) >= 11 is 0. The molecule has 4 nitrogen and oxygen atoms in total. The highest BCUT2D eigenvalue weighted by Crippen LogP contribution is 2.46. The van der Waals surface area contributed by atoms with Crippen LogP contribution in [0.2, 0.25) is 0 Å². The number of fused-ring (bicyclic) bond motifs is 2. The van der Waals surface area contributed by atoms with E-state index in [2.05, 4.69) is 36.2 Å². The van der Waals surface area contributed by atoms with Gasteiger partial charge in [0.15, 0.2) is 0 Å². The Morgan fingerprint density at radius 3 is 2.24 bits per heavy atom. The van der Waals surface area contributed by atoms with Crippen molar-refractivity contribution >= 4 is 15.7 Å². The van der Waals surface area contributed by atoms with Crippen molar-refractivity contribution in [3.05, 3.63) is 29.8 Å². The van der Waals surface area contributed by atoms with Crippen molar-refractivity contribution in [2.75, 3.05) is 37.8 Å². The van der Waals surface area contributed by atoms with Gasteiger partial charge in [0.25, 0.3) is 0 Å². The molecule has 0 N–H and O–H groups in total. The highest BCUT2D eigenvalue weighted by molar-refractivity contribution is 7.88. The molecule has 0 radical (unpaired) electrons. The van der Waals surface area contributed by atoms with Crippen LogP contribution in [0.1, 0.15) is 32.3 Å². The van der Waals surface area contributed by atoms with Crippen LogP contribution in [0.4, 0.5) is 5.69 Å². The van der Waals surface area contributed by atoms with E-state index in [1.54, 1.807) is 4.31 Å². The fourth-order valence-corrected chi connectivity index (χ4v) is 4.40. The van der Waals surface area contributed by atoms with E-state index in [0.29, 0.717) is 13.1 Å². The molecule has 0 amide bonds. The maximum Gasteiger partial charge on any atom is 0.211 e. The Bertz CT molecular complexity index is 590. The highest BCUT2D eigenvalue weighted by Gasteiger charge is 2.44. The molecule has 1 fully saturated rings. The molecule has 1 saturated heterocycles. The lowest BCUT2D eigenvalue weighted by Gasteiger charge is -2.38. The molecule has 2 aliphatic heterocycles. The van der Waals surface area contributed by atoms with Gasteiger partial charge in [-0.15, -0.1) is 0 Å². The summed E-state index contributed by atoms with van der Waals surface area (Å²) in [6.45, 7) is 6.28. The summed E-state index contributed by atoms with van der Waals surface area (Å²) in [5.74, 6) is 0. The van der Waals surface area contributed by atoms with Crippen LogP contribution in [0, 0.1) is 0 Å². The Hall–Kier alpha value is -1.07. The molecule has 0 unspecified atom stereocenters. The van der Waals surface area contributed by atoms with E-state index in [4.69, 9.17) is 0 Å². The molecule has 0 bridgehead atoms. The van der Waals surface area contributed by atoms with Gasteiger partial charge in [0.05, 0.1) is 6.26 Å². The summed E-state index contributed by atoms with van der Waals surface area (Å²) in [6, 6.07) is 8.52. The predicted molar refractivity (Wildman–Crippen MR) is 88.4 cm³/mol. The largest absolute Gasteiger partial charge is 0.373 e. The number of piperidine rings is 1. The molecule has 0 atom stereocenters. The van der Waals surface area contributed by atoms with Crippen LogP contribution in [0.25, 0.3) is 0 Å². The lowest BCUT2D eigenvalue weighted by Crippen LogP contribution is -2.46. The van der Waals surface area contributed by atoms with E-state index in [9.17, 15) is 8.42 Å². The number of para-hydroxylation sites is 1. The van der Waals surface area contributed by atoms with Crippen molar-refractivity contribution in [2.24, 2.45) is 0 Å². The molecule has 0 aromatic heterocycles. The molecule has 21 heavy (non-hydrogen) atoms. The number of hydrogen-bond donors (Lipinski definition) is 0. The van der Waals surface area contributed by atoms with Gasteiger partial charge < -0.3 is 4.90 Å². The zero-order valence-corrected chi connectivity index (χ0v) is 14.3. The van der Waals surface area contributed by atoms with E-state index in [0.717, 1.165) is 19.4 Å². The maximum atomic E-state index is 11.6. The molecule has 1 aromatic rings. The first-order valence-electron chi connectivity index (χ1n) is 7.68. The Kier molecular flexibility index (Phi) is 4.63. The van der Waals surface area contributed by atoms with Crippen molar-refractivity contribution < 1.29 is 8.42 Å². The Morgan fingerprint density at radius 2 is 1.67 bits per heavy atom. The Labute approximate surface area is 128 Å². The van der Waals surface area contributed by atoms with Gasteiger partial charge in [-0.2, -0.15) is 0 Å². The second kappa shape index (κ2) is 5.97. The fraction of sp³-hybridized carbons (Fsp3) is 0.625. The van der Waals surface area contributed by atoms with Gasteiger partial charge in [-0.1, -0.05) is 32.0 Å². The third kappa shape index (κ3) is 2.94. The molecule has 2 aliphatic rings. The molecular formula is C16H26N2O2S. The van der Waals surface area contributed by atoms with Gasteiger partial charge >= 0.3 is 0 Å². The number of benzene rings is 1. The summed E-state index contributed by atoms with van der Waals surface area (Å²) in [7, 11) is -0.922.